The van der Waals surface area contributed by atoms with Crippen LogP contribution in [0.3, 0.4) is 0 Å². The molecule has 0 aliphatic carbocycles. The first kappa shape index (κ1) is 18.2. The van der Waals surface area contributed by atoms with E-state index in [2.05, 4.69) is 19.2 Å². The van der Waals surface area contributed by atoms with E-state index in [1.165, 1.54) is 11.3 Å². The van der Waals surface area contributed by atoms with Crippen LogP contribution >= 0.6 is 11.3 Å². The van der Waals surface area contributed by atoms with Crippen LogP contribution in [0.25, 0.3) is 0 Å². The number of anilines is 1. The number of amides is 1. The van der Waals surface area contributed by atoms with Crippen molar-refractivity contribution in [3.05, 3.63) is 51.2 Å². The minimum Gasteiger partial charge on any atom is -0.448 e. The number of ether oxygens (including phenoxy) is 1. The molecule has 5 heteroatoms. The Morgan fingerprint density at radius 2 is 1.79 bits per heavy atom. The number of hydrogen-bond donors (Lipinski definition) is 1. The van der Waals surface area contributed by atoms with E-state index in [1.54, 1.807) is 6.92 Å². The van der Waals surface area contributed by atoms with Crippen LogP contribution < -0.4 is 5.32 Å². The number of para-hydroxylation sites is 1. The van der Waals surface area contributed by atoms with Crippen LogP contribution in [-0.2, 0) is 9.53 Å². The van der Waals surface area contributed by atoms with Gasteiger partial charge in [-0.3, -0.25) is 4.79 Å². The number of benzene rings is 1. The van der Waals surface area contributed by atoms with Crippen molar-refractivity contribution < 1.29 is 14.3 Å². The number of carbonyl (C=O) groups is 2. The fraction of sp³-hybridized carbons (Fsp3) is 0.368. The van der Waals surface area contributed by atoms with E-state index < -0.39 is 12.1 Å². The number of aryl methyl sites for hydroxylation is 2. The Bertz CT molecular complexity index is 749. The van der Waals surface area contributed by atoms with Crippen molar-refractivity contribution >= 4 is 28.9 Å². The van der Waals surface area contributed by atoms with Crippen molar-refractivity contribution in [2.24, 2.45) is 0 Å². The van der Waals surface area contributed by atoms with Crippen LogP contribution in [0.2, 0.25) is 0 Å². The summed E-state index contributed by atoms with van der Waals surface area (Å²) in [6.45, 7) is 9.54. The summed E-state index contributed by atoms with van der Waals surface area (Å²) in [5, 5.41) is 4.74. The van der Waals surface area contributed by atoms with Gasteiger partial charge < -0.3 is 10.1 Å². The lowest BCUT2D eigenvalue weighted by Crippen LogP contribution is -2.30. The average molecular weight is 345 g/mol. The first-order valence-corrected chi connectivity index (χ1v) is 8.84. The van der Waals surface area contributed by atoms with Crippen molar-refractivity contribution in [2.45, 2.75) is 46.6 Å². The van der Waals surface area contributed by atoms with Gasteiger partial charge in [-0.05, 0) is 54.8 Å². The molecule has 0 spiro atoms. The Labute approximate surface area is 146 Å². The van der Waals surface area contributed by atoms with E-state index in [0.717, 1.165) is 22.4 Å². The van der Waals surface area contributed by atoms with Gasteiger partial charge in [0.2, 0.25) is 0 Å². The molecule has 1 aromatic heterocycles. The first-order chi connectivity index (χ1) is 11.3. The highest BCUT2D eigenvalue weighted by atomic mass is 32.1. The summed E-state index contributed by atoms with van der Waals surface area (Å²) in [5.74, 6) is -0.500. The Morgan fingerprint density at radius 1 is 1.08 bits per heavy atom. The lowest BCUT2D eigenvalue weighted by atomic mass is 9.98. The molecule has 0 saturated carbocycles. The van der Waals surface area contributed by atoms with E-state index in [-0.39, 0.29) is 11.8 Å². The summed E-state index contributed by atoms with van der Waals surface area (Å²) >= 11 is 1.32. The van der Waals surface area contributed by atoms with Gasteiger partial charge in [-0.25, -0.2) is 4.79 Å². The third-order valence-electron chi connectivity index (χ3n) is 3.88. The molecule has 0 saturated heterocycles. The van der Waals surface area contributed by atoms with Crippen LogP contribution in [0.5, 0.6) is 0 Å². The molecule has 0 unspecified atom stereocenters. The molecule has 1 aromatic carbocycles. The number of rotatable bonds is 5. The standard InChI is InChI=1S/C19H23NO3S/c1-11(2)15-8-6-7-12(3)16(15)20-18(21)14(5)23-19(22)17-13(4)9-10-24-17/h6-11,14H,1-5H3,(H,20,21)/t14-/m0/s1. The third-order valence-corrected chi connectivity index (χ3v) is 4.87. The van der Waals surface area contributed by atoms with Crippen molar-refractivity contribution in [2.75, 3.05) is 5.32 Å². The lowest BCUT2D eigenvalue weighted by Gasteiger charge is -2.19. The summed E-state index contributed by atoms with van der Waals surface area (Å²) in [7, 11) is 0. The second-order valence-electron chi connectivity index (χ2n) is 6.16. The van der Waals surface area contributed by atoms with Crippen molar-refractivity contribution in [3.63, 3.8) is 0 Å². The molecule has 2 rings (SSSR count). The molecule has 0 radical (unpaired) electrons. The van der Waals surface area contributed by atoms with Crippen molar-refractivity contribution in [3.8, 4) is 0 Å². The summed E-state index contributed by atoms with van der Waals surface area (Å²) in [5.41, 5.74) is 3.71. The fourth-order valence-electron chi connectivity index (χ4n) is 2.42. The highest BCUT2D eigenvalue weighted by molar-refractivity contribution is 7.12. The van der Waals surface area contributed by atoms with Gasteiger partial charge >= 0.3 is 5.97 Å². The van der Waals surface area contributed by atoms with Gasteiger partial charge in [-0.15, -0.1) is 11.3 Å². The zero-order chi connectivity index (χ0) is 17.9. The molecule has 1 heterocycles. The zero-order valence-electron chi connectivity index (χ0n) is 14.7. The maximum Gasteiger partial charge on any atom is 0.349 e. The molecule has 2 aromatic rings. The van der Waals surface area contributed by atoms with Crippen LogP contribution in [-0.4, -0.2) is 18.0 Å². The van der Waals surface area contributed by atoms with Crippen LogP contribution in [0.1, 0.15) is 53.1 Å². The van der Waals surface area contributed by atoms with Crippen molar-refractivity contribution in [1.29, 1.82) is 0 Å². The average Bonchev–Trinajstić information content (AvgIpc) is 2.95. The summed E-state index contributed by atoms with van der Waals surface area (Å²) < 4.78 is 5.31. The summed E-state index contributed by atoms with van der Waals surface area (Å²) in [6, 6.07) is 7.78. The highest BCUT2D eigenvalue weighted by Gasteiger charge is 2.22. The van der Waals surface area contributed by atoms with Gasteiger partial charge in [0.1, 0.15) is 4.88 Å². The lowest BCUT2D eigenvalue weighted by molar-refractivity contribution is -0.123. The maximum atomic E-state index is 12.4. The first-order valence-electron chi connectivity index (χ1n) is 7.96. The number of thiophene rings is 1. The van der Waals surface area contributed by atoms with E-state index in [0.29, 0.717) is 4.88 Å². The van der Waals surface area contributed by atoms with Gasteiger partial charge in [0.25, 0.3) is 5.91 Å². The molecule has 1 N–H and O–H groups in total. The summed E-state index contributed by atoms with van der Waals surface area (Å²) in [6.07, 6.45) is -0.862. The van der Waals surface area contributed by atoms with Crippen LogP contribution in [0, 0.1) is 13.8 Å². The van der Waals surface area contributed by atoms with E-state index in [4.69, 9.17) is 4.74 Å². The maximum absolute atomic E-state index is 12.4. The molecular formula is C19H23NO3S. The smallest absolute Gasteiger partial charge is 0.349 e. The molecule has 1 atom stereocenters. The Hall–Kier alpha value is -2.14. The fourth-order valence-corrected chi connectivity index (χ4v) is 3.22. The second-order valence-corrected chi connectivity index (χ2v) is 7.08. The predicted molar refractivity (Wildman–Crippen MR) is 97.8 cm³/mol. The van der Waals surface area contributed by atoms with Gasteiger partial charge in [-0.1, -0.05) is 32.0 Å². The Kier molecular flexibility index (Phi) is 5.78. The minimum atomic E-state index is -0.862. The van der Waals surface area contributed by atoms with E-state index in [9.17, 15) is 9.59 Å². The van der Waals surface area contributed by atoms with E-state index in [1.807, 2.05) is 43.5 Å². The molecule has 0 aliphatic heterocycles. The van der Waals surface area contributed by atoms with Crippen LogP contribution in [0.15, 0.2) is 29.6 Å². The van der Waals surface area contributed by atoms with Gasteiger partial charge in [0.05, 0.1) is 0 Å². The van der Waals surface area contributed by atoms with E-state index >= 15 is 0 Å². The topological polar surface area (TPSA) is 55.4 Å². The Morgan fingerprint density at radius 3 is 2.38 bits per heavy atom. The molecule has 24 heavy (non-hydrogen) atoms. The number of hydrogen-bond acceptors (Lipinski definition) is 4. The quantitative estimate of drug-likeness (QED) is 0.801. The third kappa shape index (κ3) is 4.03. The number of nitrogens with one attached hydrogen (secondary N) is 1. The summed E-state index contributed by atoms with van der Waals surface area (Å²) in [4.78, 5) is 25.1. The largest absolute Gasteiger partial charge is 0.448 e. The van der Waals surface area contributed by atoms with Crippen LogP contribution in [0.4, 0.5) is 5.69 Å². The molecule has 0 bridgehead atoms. The molecule has 128 valence electrons. The van der Waals surface area contributed by atoms with Gasteiger partial charge in [0, 0.05) is 5.69 Å². The molecule has 0 fully saturated rings. The molecule has 0 aliphatic rings. The normalized spacial score (nSPS) is 12.1. The zero-order valence-corrected chi connectivity index (χ0v) is 15.5. The highest BCUT2D eigenvalue weighted by Crippen LogP contribution is 2.27. The van der Waals surface area contributed by atoms with Crippen molar-refractivity contribution in [1.82, 2.24) is 0 Å². The molecule has 1 amide bonds. The minimum absolute atomic E-state index is 0.284. The second kappa shape index (κ2) is 7.62. The van der Waals surface area contributed by atoms with Gasteiger partial charge in [-0.2, -0.15) is 0 Å². The Balaban J connectivity index is 2.10. The number of esters is 1. The predicted octanol–water partition coefficient (Wildman–Crippen LogP) is 4.67. The molecular weight excluding hydrogens is 322 g/mol. The monoisotopic (exact) mass is 345 g/mol. The van der Waals surface area contributed by atoms with Gasteiger partial charge in [0.15, 0.2) is 6.10 Å². The number of carbonyl (C=O) groups excluding carboxylic acids is 2. The molecule has 4 nitrogen and oxygen atoms in total. The SMILES string of the molecule is Cc1ccsc1C(=O)O[C@@H](C)C(=O)Nc1c(C)cccc1C(C)C.